The van der Waals surface area contributed by atoms with E-state index in [1.807, 2.05) is 4.90 Å². The third kappa shape index (κ3) is 2.72. The van der Waals surface area contributed by atoms with Crippen molar-refractivity contribution in [3.8, 4) is 5.88 Å². The van der Waals surface area contributed by atoms with Crippen LogP contribution in [-0.4, -0.2) is 67.3 Å². The summed E-state index contributed by atoms with van der Waals surface area (Å²) in [5.74, 6) is 1.49. The molecule has 0 radical (unpaired) electrons. The van der Waals surface area contributed by atoms with Gasteiger partial charge in [-0.15, -0.1) is 0 Å². The van der Waals surface area contributed by atoms with Crippen LogP contribution in [0.3, 0.4) is 0 Å². The maximum Gasteiger partial charge on any atom is 0.257 e. The molecule has 3 aliphatic rings. The molecule has 7 heteroatoms. The van der Waals surface area contributed by atoms with Gasteiger partial charge in [0.25, 0.3) is 5.88 Å². The lowest BCUT2D eigenvalue weighted by molar-refractivity contribution is -0.140. The van der Waals surface area contributed by atoms with Gasteiger partial charge in [-0.05, 0) is 12.8 Å². The lowest BCUT2D eigenvalue weighted by Gasteiger charge is -2.35. The number of anilines is 1. The van der Waals surface area contributed by atoms with E-state index in [1.54, 1.807) is 26.6 Å². The van der Waals surface area contributed by atoms with Gasteiger partial charge in [-0.1, -0.05) is 0 Å². The van der Waals surface area contributed by atoms with Crippen molar-refractivity contribution in [2.24, 2.45) is 5.92 Å². The minimum Gasteiger partial charge on any atom is -0.478 e. The Kier molecular flexibility index (Phi) is 4.42. The summed E-state index contributed by atoms with van der Waals surface area (Å²) >= 11 is 0. The predicted molar refractivity (Wildman–Crippen MR) is 80.9 cm³/mol. The summed E-state index contributed by atoms with van der Waals surface area (Å²) in [5, 5.41) is 0. The van der Waals surface area contributed by atoms with Crippen molar-refractivity contribution in [3.05, 3.63) is 12.4 Å². The Balaban J connectivity index is 1.84. The Bertz CT molecular complexity index is 539. The second-order valence-electron chi connectivity index (χ2n) is 5.75. The lowest BCUT2D eigenvalue weighted by atomic mass is 9.94. The number of amides is 1. The van der Waals surface area contributed by atoms with Crippen molar-refractivity contribution in [3.63, 3.8) is 0 Å². The fraction of sp³-hybridized carbons (Fsp3) is 0.667. The summed E-state index contributed by atoms with van der Waals surface area (Å²) in [6.45, 7) is 2.67. The molecule has 0 aromatic carbocycles. The van der Waals surface area contributed by atoms with E-state index >= 15 is 0 Å². The van der Waals surface area contributed by atoms with E-state index in [0.717, 1.165) is 25.2 Å². The first-order valence-corrected chi connectivity index (χ1v) is 7.64. The molecule has 1 aromatic heterocycles. The zero-order chi connectivity index (χ0) is 15.5. The topological polar surface area (TPSA) is 67.8 Å². The number of hydrogen-bond acceptors (Lipinski definition) is 6. The van der Waals surface area contributed by atoms with Crippen LogP contribution in [0.1, 0.15) is 12.8 Å². The van der Waals surface area contributed by atoms with Crippen LogP contribution < -0.4 is 9.64 Å². The van der Waals surface area contributed by atoms with Crippen LogP contribution in [0.2, 0.25) is 0 Å². The average Bonchev–Trinajstić information content (AvgIpc) is 2.84. The van der Waals surface area contributed by atoms with E-state index in [4.69, 9.17) is 9.47 Å². The van der Waals surface area contributed by atoms with Gasteiger partial charge < -0.3 is 19.3 Å². The molecule has 4 rings (SSSR count). The largest absolute Gasteiger partial charge is 0.478 e. The Labute approximate surface area is 130 Å². The summed E-state index contributed by atoms with van der Waals surface area (Å²) in [7, 11) is 3.26. The number of piperidine rings is 1. The monoisotopic (exact) mass is 306 g/mol. The quantitative estimate of drug-likeness (QED) is 0.792. The summed E-state index contributed by atoms with van der Waals surface area (Å²) in [4.78, 5) is 25.4. The summed E-state index contributed by atoms with van der Waals surface area (Å²) in [5.41, 5.74) is 0. The average molecular weight is 306 g/mol. The van der Waals surface area contributed by atoms with E-state index in [9.17, 15) is 4.79 Å². The highest BCUT2D eigenvalue weighted by Crippen LogP contribution is 2.33. The smallest absolute Gasteiger partial charge is 0.257 e. The van der Waals surface area contributed by atoms with Gasteiger partial charge in [0.05, 0.1) is 19.6 Å². The van der Waals surface area contributed by atoms with E-state index in [2.05, 4.69) is 14.9 Å². The molecule has 7 nitrogen and oxygen atoms in total. The molecule has 3 aliphatic heterocycles. The minimum atomic E-state index is 0.0160. The molecule has 1 aromatic rings. The molecule has 0 N–H and O–H groups in total. The third-order valence-electron chi connectivity index (χ3n) is 4.47. The number of ether oxygens (including phenoxy) is 2. The Morgan fingerprint density at radius 2 is 2.05 bits per heavy atom. The van der Waals surface area contributed by atoms with Crippen molar-refractivity contribution in [1.82, 2.24) is 14.9 Å². The van der Waals surface area contributed by atoms with Crippen LogP contribution in [0.4, 0.5) is 5.82 Å². The number of hydrogen-bond donors (Lipinski definition) is 0. The summed E-state index contributed by atoms with van der Waals surface area (Å²) in [6.07, 6.45) is 5.24. The number of rotatable bonds is 5. The Morgan fingerprint density at radius 3 is 2.82 bits per heavy atom. The molecule has 1 amide bonds. The highest BCUT2D eigenvalue weighted by atomic mass is 16.5. The summed E-state index contributed by atoms with van der Waals surface area (Å²) < 4.78 is 10.5. The van der Waals surface area contributed by atoms with Crippen LogP contribution in [0.25, 0.3) is 0 Å². The van der Waals surface area contributed by atoms with Crippen LogP contribution in [0.5, 0.6) is 5.88 Å². The molecule has 0 saturated carbocycles. The lowest BCUT2D eigenvalue weighted by Crippen LogP contribution is -2.49. The maximum absolute atomic E-state index is 12.6. The molecule has 2 atom stereocenters. The van der Waals surface area contributed by atoms with E-state index < -0.39 is 0 Å². The van der Waals surface area contributed by atoms with Crippen molar-refractivity contribution in [2.75, 3.05) is 45.4 Å². The number of aromatic nitrogens is 2. The van der Waals surface area contributed by atoms with Gasteiger partial charge in [0.2, 0.25) is 5.91 Å². The first kappa shape index (κ1) is 15.0. The molecule has 3 saturated heterocycles. The molecule has 0 aliphatic carbocycles. The van der Waals surface area contributed by atoms with Crippen LogP contribution in [0.15, 0.2) is 12.4 Å². The molecule has 0 spiro atoms. The molecule has 120 valence electrons. The number of nitrogens with zero attached hydrogens (tertiary/aromatic N) is 4. The van der Waals surface area contributed by atoms with Crippen LogP contribution in [-0.2, 0) is 9.53 Å². The Hall–Kier alpha value is -1.89. The molecular formula is C15H22N4O3. The van der Waals surface area contributed by atoms with E-state index in [-0.39, 0.29) is 17.9 Å². The second kappa shape index (κ2) is 6.48. The van der Waals surface area contributed by atoms with Crippen LogP contribution in [0, 0.1) is 5.92 Å². The molecular weight excluding hydrogens is 284 g/mol. The fourth-order valence-corrected chi connectivity index (χ4v) is 3.38. The standard InChI is InChI=1S/C15H22N4O3/c1-21-8-7-19-12-4-3-11(15(19)20)9-18(10-12)13-14(22-2)17-6-5-16-13/h5-6,11-12H,3-4,7-10H2,1-2H3/t11-,12+/m1/s1. The van der Waals surface area contributed by atoms with E-state index in [1.165, 1.54) is 0 Å². The van der Waals surface area contributed by atoms with Crippen molar-refractivity contribution in [2.45, 2.75) is 18.9 Å². The van der Waals surface area contributed by atoms with Gasteiger partial charge in [-0.2, -0.15) is 0 Å². The second-order valence-corrected chi connectivity index (χ2v) is 5.75. The third-order valence-corrected chi connectivity index (χ3v) is 4.47. The van der Waals surface area contributed by atoms with Gasteiger partial charge >= 0.3 is 0 Å². The van der Waals surface area contributed by atoms with Gasteiger partial charge in [-0.3, -0.25) is 4.79 Å². The zero-order valence-electron chi connectivity index (χ0n) is 13.1. The molecule has 22 heavy (non-hydrogen) atoms. The van der Waals surface area contributed by atoms with Crippen molar-refractivity contribution in [1.29, 1.82) is 0 Å². The normalized spacial score (nSPS) is 24.5. The Morgan fingerprint density at radius 1 is 1.23 bits per heavy atom. The molecule has 4 heterocycles. The number of fused-ring (bicyclic) bond motifs is 4. The first-order valence-electron chi connectivity index (χ1n) is 7.64. The fourth-order valence-electron chi connectivity index (χ4n) is 3.38. The summed E-state index contributed by atoms with van der Waals surface area (Å²) in [6, 6.07) is 0.202. The van der Waals surface area contributed by atoms with Gasteiger partial charge in [0.15, 0.2) is 5.82 Å². The highest BCUT2D eigenvalue weighted by Gasteiger charge is 2.41. The molecule has 0 unspecified atom stereocenters. The number of methoxy groups -OCH3 is 2. The highest BCUT2D eigenvalue weighted by molar-refractivity contribution is 5.81. The molecule has 2 bridgehead atoms. The number of carbonyl (C=O) groups is 1. The van der Waals surface area contributed by atoms with Crippen molar-refractivity contribution < 1.29 is 14.3 Å². The zero-order valence-corrected chi connectivity index (χ0v) is 13.1. The first-order chi connectivity index (χ1) is 10.7. The van der Waals surface area contributed by atoms with Crippen LogP contribution >= 0.6 is 0 Å². The molecule has 3 fully saturated rings. The SMILES string of the molecule is COCCN1C(=O)[C@@H]2CC[C@H]1CN(c1nccnc1OC)C2. The van der Waals surface area contributed by atoms with E-state index in [0.29, 0.717) is 25.6 Å². The number of carbonyl (C=O) groups excluding carboxylic acids is 1. The predicted octanol–water partition coefficient (Wildman–Crippen LogP) is 0.559. The maximum atomic E-state index is 12.6. The minimum absolute atomic E-state index is 0.0160. The van der Waals surface area contributed by atoms with Crippen molar-refractivity contribution >= 4 is 11.7 Å². The van der Waals surface area contributed by atoms with Gasteiger partial charge in [-0.25, -0.2) is 9.97 Å². The van der Waals surface area contributed by atoms with Gasteiger partial charge in [0.1, 0.15) is 0 Å². The van der Waals surface area contributed by atoms with Gasteiger partial charge in [0, 0.05) is 45.2 Å².